The van der Waals surface area contributed by atoms with Crippen molar-refractivity contribution in [1.82, 2.24) is 4.90 Å². The maximum atomic E-state index is 12.0. The molecule has 6 nitrogen and oxygen atoms in total. The largest absolute Gasteiger partial charge is 0.322 e. The molecule has 0 heterocycles. The van der Waals surface area contributed by atoms with Crippen molar-refractivity contribution in [2.24, 2.45) is 0 Å². The second kappa shape index (κ2) is 6.53. The Morgan fingerprint density at radius 1 is 1.53 bits per heavy atom. The maximum Gasteiger partial charge on any atom is 0.322 e. The molecule has 0 aromatic heterocycles. The summed E-state index contributed by atoms with van der Waals surface area (Å²) in [6, 6.07) is 5.54. The van der Waals surface area contributed by atoms with Gasteiger partial charge in [-0.15, -0.1) is 0 Å². The van der Waals surface area contributed by atoms with Crippen molar-refractivity contribution in [2.45, 2.75) is 13.8 Å². The fourth-order valence-electron chi connectivity index (χ4n) is 1.55. The Balaban J connectivity index is 2.78. The van der Waals surface area contributed by atoms with E-state index in [2.05, 4.69) is 11.9 Å². The first kappa shape index (κ1) is 14.7. The van der Waals surface area contributed by atoms with Gasteiger partial charge in [-0.25, -0.2) is 4.79 Å². The van der Waals surface area contributed by atoms with Crippen LogP contribution in [0.1, 0.15) is 13.8 Å². The van der Waals surface area contributed by atoms with Gasteiger partial charge in [0.25, 0.3) is 5.69 Å². The molecule has 0 aliphatic carbocycles. The topological polar surface area (TPSA) is 75.5 Å². The van der Waals surface area contributed by atoms with Crippen LogP contribution in [0.5, 0.6) is 0 Å². The summed E-state index contributed by atoms with van der Waals surface area (Å²) in [5.74, 6) is 0. The molecule has 0 radical (unpaired) electrons. The number of anilines is 1. The lowest BCUT2D eigenvalue weighted by molar-refractivity contribution is -0.384. The number of nitro groups is 1. The number of rotatable bonds is 5. The lowest BCUT2D eigenvalue weighted by Gasteiger charge is -2.21. The van der Waals surface area contributed by atoms with E-state index in [1.807, 2.05) is 13.8 Å². The molecule has 1 rings (SSSR count). The van der Waals surface area contributed by atoms with Gasteiger partial charge in [-0.05, 0) is 19.9 Å². The Hall–Kier alpha value is -2.37. The summed E-state index contributed by atoms with van der Waals surface area (Å²) in [4.78, 5) is 23.7. The Labute approximate surface area is 111 Å². The van der Waals surface area contributed by atoms with Crippen LogP contribution in [0.2, 0.25) is 0 Å². The Morgan fingerprint density at radius 2 is 2.21 bits per heavy atom. The molecular weight excluding hydrogens is 246 g/mol. The van der Waals surface area contributed by atoms with Gasteiger partial charge in [0.15, 0.2) is 0 Å². The molecular formula is C13H17N3O3. The van der Waals surface area contributed by atoms with Crippen LogP contribution >= 0.6 is 0 Å². The zero-order valence-corrected chi connectivity index (χ0v) is 11.0. The van der Waals surface area contributed by atoms with Gasteiger partial charge in [-0.2, -0.15) is 0 Å². The third-order valence-electron chi connectivity index (χ3n) is 2.44. The molecule has 2 amide bonds. The van der Waals surface area contributed by atoms with E-state index in [-0.39, 0.29) is 11.7 Å². The number of hydrogen-bond acceptors (Lipinski definition) is 3. The molecule has 0 unspecified atom stereocenters. The zero-order chi connectivity index (χ0) is 14.4. The van der Waals surface area contributed by atoms with Gasteiger partial charge in [0.05, 0.1) is 4.92 Å². The van der Waals surface area contributed by atoms with Crippen LogP contribution in [0, 0.1) is 10.1 Å². The number of carbonyl (C=O) groups is 1. The monoisotopic (exact) mass is 263 g/mol. The highest BCUT2D eigenvalue weighted by Gasteiger charge is 2.13. The fourth-order valence-corrected chi connectivity index (χ4v) is 1.55. The van der Waals surface area contributed by atoms with Crippen LogP contribution in [-0.2, 0) is 0 Å². The zero-order valence-electron chi connectivity index (χ0n) is 11.0. The standard InChI is InChI=1S/C13H17N3O3/c1-4-15(9-10(2)3)13(17)14-11-6-5-7-12(8-11)16(18)19/h5-8H,2,4,9H2,1,3H3,(H,14,17). The molecule has 1 aromatic carbocycles. The molecule has 6 heteroatoms. The second-order valence-corrected chi connectivity index (χ2v) is 4.21. The van der Waals surface area contributed by atoms with Gasteiger partial charge in [-0.3, -0.25) is 10.1 Å². The predicted molar refractivity (Wildman–Crippen MR) is 74.2 cm³/mol. The van der Waals surface area contributed by atoms with Gasteiger partial charge in [0.1, 0.15) is 0 Å². The third-order valence-corrected chi connectivity index (χ3v) is 2.44. The van der Waals surface area contributed by atoms with Crippen molar-refractivity contribution in [2.75, 3.05) is 18.4 Å². The molecule has 0 atom stereocenters. The van der Waals surface area contributed by atoms with Gasteiger partial charge >= 0.3 is 6.03 Å². The molecule has 1 aromatic rings. The van der Waals surface area contributed by atoms with E-state index in [4.69, 9.17) is 0 Å². The highest BCUT2D eigenvalue weighted by molar-refractivity contribution is 5.89. The van der Waals surface area contributed by atoms with Crippen molar-refractivity contribution < 1.29 is 9.72 Å². The molecule has 0 saturated heterocycles. The summed E-state index contributed by atoms with van der Waals surface area (Å²) in [5.41, 5.74) is 1.22. The quantitative estimate of drug-likeness (QED) is 0.504. The first-order valence-corrected chi connectivity index (χ1v) is 5.88. The van der Waals surface area contributed by atoms with Crippen LogP contribution < -0.4 is 5.32 Å². The summed E-state index contributed by atoms with van der Waals surface area (Å²) in [6.45, 7) is 8.44. The van der Waals surface area contributed by atoms with E-state index in [0.29, 0.717) is 18.8 Å². The average molecular weight is 263 g/mol. The van der Waals surface area contributed by atoms with Crippen LogP contribution in [0.25, 0.3) is 0 Å². The van der Waals surface area contributed by atoms with Crippen LogP contribution in [-0.4, -0.2) is 28.9 Å². The maximum absolute atomic E-state index is 12.0. The van der Waals surface area contributed by atoms with Crippen molar-refractivity contribution in [3.63, 3.8) is 0 Å². The van der Waals surface area contributed by atoms with Crippen LogP contribution in [0.3, 0.4) is 0 Å². The lowest BCUT2D eigenvalue weighted by atomic mass is 10.3. The molecule has 0 saturated carbocycles. The molecule has 102 valence electrons. The minimum Gasteiger partial charge on any atom is -0.321 e. The van der Waals surface area contributed by atoms with Gasteiger partial charge < -0.3 is 10.2 Å². The smallest absolute Gasteiger partial charge is 0.321 e. The van der Waals surface area contributed by atoms with E-state index in [0.717, 1.165) is 5.57 Å². The molecule has 0 fully saturated rings. The number of amides is 2. The minimum absolute atomic E-state index is 0.0549. The third kappa shape index (κ3) is 4.42. The lowest BCUT2D eigenvalue weighted by Crippen LogP contribution is -2.35. The number of non-ortho nitro benzene ring substituents is 1. The summed E-state index contributed by atoms with van der Waals surface area (Å²) < 4.78 is 0. The number of likely N-dealkylation sites (N-methyl/N-ethyl adjacent to an activating group) is 1. The molecule has 0 bridgehead atoms. The fraction of sp³-hybridized carbons (Fsp3) is 0.308. The Morgan fingerprint density at radius 3 is 2.74 bits per heavy atom. The highest BCUT2D eigenvalue weighted by atomic mass is 16.6. The van der Waals surface area contributed by atoms with Crippen LogP contribution in [0.4, 0.5) is 16.2 Å². The number of nitrogens with zero attached hydrogens (tertiary/aromatic N) is 2. The molecule has 1 N–H and O–H groups in total. The Bertz CT molecular complexity index is 500. The first-order valence-electron chi connectivity index (χ1n) is 5.88. The highest BCUT2D eigenvalue weighted by Crippen LogP contribution is 2.17. The van der Waals surface area contributed by atoms with E-state index >= 15 is 0 Å². The molecule has 0 aliphatic heterocycles. The molecule has 0 spiro atoms. The van der Waals surface area contributed by atoms with Crippen molar-refractivity contribution in [1.29, 1.82) is 0 Å². The number of nitro benzene ring substituents is 1. The number of urea groups is 1. The minimum atomic E-state index is -0.499. The molecule has 0 aliphatic rings. The Kier molecular flexibility index (Phi) is 5.05. The molecule has 19 heavy (non-hydrogen) atoms. The van der Waals surface area contributed by atoms with E-state index in [1.165, 1.54) is 18.2 Å². The van der Waals surface area contributed by atoms with Crippen molar-refractivity contribution in [3.05, 3.63) is 46.5 Å². The van der Waals surface area contributed by atoms with Crippen molar-refractivity contribution >= 4 is 17.4 Å². The van der Waals surface area contributed by atoms with E-state index in [1.54, 1.807) is 11.0 Å². The van der Waals surface area contributed by atoms with Crippen molar-refractivity contribution in [3.8, 4) is 0 Å². The van der Waals surface area contributed by atoms with Gasteiger partial charge in [0.2, 0.25) is 0 Å². The van der Waals surface area contributed by atoms with E-state index in [9.17, 15) is 14.9 Å². The summed E-state index contributed by atoms with van der Waals surface area (Å²) >= 11 is 0. The summed E-state index contributed by atoms with van der Waals surface area (Å²) in [5, 5.41) is 13.3. The van der Waals surface area contributed by atoms with E-state index < -0.39 is 4.92 Å². The average Bonchev–Trinajstić information content (AvgIpc) is 2.35. The number of carbonyl (C=O) groups excluding carboxylic acids is 1. The normalized spacial score (nSPS) is 9.79. The summed E-state index contributed by atoms with van der Waals surface area (Å²) in [6.07, 6.45) is 0. The van der Waals surface area contributed by atoms with Crippen LogP contribution in [0.15, 0.2) is 36.4 Å². The first-order chi connectivity index (χ1) is 8.93. The number of nitrogens with one attached hydrogen (secondary N) is 1. The number of benzene rings is 1. The van der Waals surface area contributed by atoms with Gasteiger partial charge in [0, 0.05) is 30.9 Å². The SMILES string of the molecule is C=C(C)CN(CC)C(=O)Nc1cccc([N+](=O)[O-])c1. The summed E-state index contributed by atoms with van der Waals surface area (Å²) in [7, 11) is 0. The van der Waals surface area contributed by atoms with Gasteiger partial charge in [-0.1, -0.05) is 18.2 Å². The predicted octanol–water partition coefficient (Wildman–Crippen LogP) is 3.02. The second-order valence-electron chi connectivity index (χ2n) is 4.21. The number of hydrogen-bond donors (Lipinski definition) is 1.